The zero-order chi connectivity index (χ0) is 27.3. The van der Waals surface area contributed by atoms with Crippen LogP contribution in [0.15, 0.2) is 57.9 Å². The lowest BCUT2D eigenvalue weighted by Gasteiger charge is -2.25. The predicted octanol–water partition coefficient (Wildman–Crippen LogP) is 9.45. The van der Waals surface area contributed by atoms with Crippen LogP contribution in [0.1, 0.15) is 121 Å². The quantitative estimate of drug-likeness (QED) is 0.221. The lowest BCUT2D eigenvalue weighted by molar-refractivity contribution is -0.119. The summed E-state index contributed by atoms with van der Waals surface area (Å²) in [5.41, 5.74) is 6.46. The summed E-state index contributed by atoms with van der Waals surface area (Å²) in [5, 5.41) is 14.2. The van der Waals surface area contributed by atoms with Crippen LogP contribution in [0.25, 0.3) is 0 Å². The van der Waals surface area contributed by atoms with E-state index in [-0.39, 0.29) is 15.8 Å². The van der Waals surface area contributed by atoms with Crippen LogP contribution in [0.3, 0.4) is 0 Å². The second kappa shape index (κ2) is 20.1. The molecule has 38 heavy (non-hydrogen) atoms. The summed E-state index contributed by atoms with van der Waals surface area (Å²) in [4.78, 5) is 11.9. The van der Waals surface area contributed by atoms with Gasteiger partial charge in [-0.2, -0.15) is 0 Å². The third-order valence-corrected chi connectivity index (χ3v) is 6.94. The predicted molar refractivity (Wildman–Crippen MR) is 170 cm³/mol. The Labute approximate surface area is 238 Å². The van der Waals surface area contributed by atoms with Gasteiger partial charge in [0.1, 0.15) is 11.5 Å². The molecule has 4 rings (SSSR count). The average molecular weight is 525 g/mol. The number of hydrogen-bond donors (Lipinski definition) is 2. The van der Waals surface area contributed by atoms with E-state index in [4.69, 9.17) is 0 Å². The number of fused-ring (bicyclic) bond motifs is 2. The van der Waals surface area contributed by atoms with E-state index >= 15 is 0 Å². The number of aliphatic hydroxyl groups excluding tert-OH is 1. The van der Waals surface area contributed by atoms with Crippen molar-refractivity contribution in [3.05, 3.63) is 57.9 Å². The Morgan fingerprint density at radius 3 is 2.21 bits per heavy atom. The number of ketones is 1. The van der Waals surface area contributed by atoms with Crippen molar-refractivity contribution in [2.45, 2.75) is 127 Å². The monoisotopic (exact) mass is 524 g/mol. The Morgan fingerprint density at radius 2 is 1.58 bits per heavy atom. The van der Waals surface area contributed by atoms with E-state index < -0.39 is 0 Å². The highest BCUT2D eigenvalue weighted by molar-refractivity contribution is 5.78. The Hall–Kier alpha value is -1.81. The molecule has 1 aliphatic heterocycles. The molecule has 0 aromatic carbocycles. The van der Waals surface area contributed by atoms with Crippen molar-refractivity contribution < 1.29 is 9.90 Å². The third-order valence-electron chi connectivity index (χ3n) is 6.94. The average Bonchev–Trinajstić information content (AvgIpc) is 3.55. The van der Waals surface area contributed by atoms with Gasteiger partial charge in [0.05, 0.1) is 6.04 Å². The lowest BCUT2D eigenvalue weighted by atomic mass is 9.83. The van der Waals surface area contributed by atoms with Crippen molar-refractivity contribution in [2.24, 2.45) is 17.8 Å². The van der Waals surface area contributed by atoms with Crippen molar-refractivity contribution in [3.8, 4) is 0 Å². The van der Waals surface area contributed by atoms with Gasteiger partial charge < -0.3 is 10.4 Å². The molecule has 1 heterocycles. The van der Waals surface area contributed by atoms with Gasteiger partial charge in [-0.05, 0) is 79.2 Å². The van der Waals surface area contributed by atoms with Gasteiger partial charge in [-0.25, -0.2) is 0 Å². The maximum atomic E-state index is 11.9. The first-order valence-corrected chi connectivity index (χ1v) is 14.9. The van der Waals surface area contributed by atoms with Crippen LogP contribution in [0, 0.1) is 17.8 Å². The summed E-state index contributed by atoms with van der Waals surface area (Å²) in [6, 6.07) is 0.338. The molecule has 3 aliphatic carbocycles. The normalized spacial score (nSPS) is 22.0. The number of unbranched alkanes of at least 4 members (excludes halogenated alkanes) is 3. The van der Waals surface area contributed by atoms with Gasteiger partial charge in [-0.15, -0.1) is 0 Å². The van der Waals surface area contributed by atoms with E-state index in [1.807, 2.05) is 41.5 Å². The van der Waals surface area contributed by atoms with Crippen LogP contribution in [0.2, 0.25) is 0 Å². The maximum absolute atomic E-state index is 11.9. The molecule has 0 spiro atoms. The molecule has 3 radical (unpaired) electrons. The molecule has 4 aliphatic rings. The largest absolute Gasteiger partial charge is 0.508 e. The second-order valence-electron chi connectivity index (χ2n) is 10.1. The van der Waals surface area contributed by atoms with Crippen molar-refractivity contribution in [3.63, 3.8) is 0 Å². The molecule has 0 aromatic heterocycles. The van der Waals surface area contributed by atoms with Gasteiger partial charge in [-0.1, -0.05) is 93.4 Å². The van der Waals surface area contributed by atoms with E-state index in [9.17, 15) is 9.90 Å². The molecular formula is C34H59BNO2. The Morgan fingerprint density at radius 1 is 0.974 bits per heavy atom. The summed E-state index contributed by atoms with van der Waals surface area (Å²) in [6.07, 6.45) is 17.2. The molecule has 0 saturated heterocycles. The van der Waals surface area contributed by atoms with Crippen LogP contribution < -0.4 is 5.32 Å². The molecule has 2 N–H and O–H groups in total. The Balaban J connectivity index is 0. The minimum absolute atomic E-state index is 0. The summed E-state index contributed by atoms with van der Waals surface area (Å²) in [5.74, 6) is 2.55. The van der Waals surface area contributed by atoms with Gasteiger partial charge in [-0.3, -0.25) is 4.79 Å². The first kappa shape index (κ1) is 38.3. The fraction of sp³-hybridized carbons (Fsp3) is 0.676. The highest BCUT2D eigenvalue weighted by atomic mass is 16.3. The fourth-order valence-electron chi connectivity index (χ4n) is 5.13. The van der Waals surface area contributed by atoms with E-state index in [0.717, 1.165) is 50.6 Å². The first-order chi connectivity index (χ1) is 17.4. The van der Waals surface area contributed by atoms with Gasteiger partial charge in [0.25, 0.3) is 0 Å². The summed E-state index contributed by atoms with van der Waals surface area (Å²) < 4.78 is 0. The minimum Gasteiger partial charge on any atom is -0.508 e. The van der Waals surface area contributed by atoms with Gasteiger partial charge in [0.15, 0.2) is 0 Å². The molecule has 0 amide bonds. The number of hydrogen-bond acceptors (Lipinski definition) is 3. The van der Waals surface area contributed by atoms with Gasteiger partial charge >= 0.3 is 0 Å². The lowest BCUT2D eigenvalue weighted by Crippen LogP contribution is -2.29. The standard InChI is InChI=1S/C27H37NO2.3C2H6.CH4.B/c1-17(2)10-23(29)9-7-5-4-6-8-19-11-22(14-24-18(3)16-28-27(19)24)25-13-20-12-21(20)15-26(25)30;3*1-2;;/h11,13-15,17,20-21,27-28,30H,4-10,12,16H2,1-3H3;3*1-2H3;1H4;. The molecule has 215 valence electrons. The van der Waals surface area contributed by atoms with E-state index in [1.165, 1.54) is 35.1 Å². The molecule has 1 fully saturated rings. The molecule has 1 saturated carbocycles. The van der Waals surface area contributed by atoms with Crippen molar-refractivity contribution in [1.29, 1.82) is 0 Å². The molecule has 4 heteroatoms. The number of Topliss-reactive ketones (excluding diaryl/α,β-unsaturated/α-hetero) is 1. The van der Waals surface area contributed by atoms with E-state index in [2.05, 4.69) is 50.4 Å². The zero-order valence-corrected chi connectivity index (χ0v) is 25.4. The fourth-order valence-corrected chi connectivity index (χ4v) is 5.13. The van der Waals surface area contributed by atoms with Crippen LogP contribution in [-0.4, -0.2) is 31.9 Å². The number of carbonyl (C=O) groups excluding carboxylic acids is 1. The highest BCUT2D eigenvalue weighted by Gasteiger charge is 2.38. The zero-order valence-electron chi connectivity index (χ0n) is 25.4. The molecule has 0 bridgehead atoms. The van der Waals surface area contributed by atoms with Crippen LogP contribution in [0.5, 0.6) is 0 Å². The van der Waals surface area contributed by atoms with Gasteiger partial charge in [0, 0.05) is 33.4 Å². The third kappa shape index (κ3) is 11.1. The van der Waals surface area contributed by atoms with Crippen molar-refractivity contribution >= 4 is 14.2 Å². The van der Waals surface area contributed by atoms with Gasteiger partial charge in [0.2, 0.25) is 0 Å². The van der Waals surface area contributed by atoms with Crippen molar-refractivity contribution in [2.75, 3.05) is 6.54 Å². The van der Waals surface area contributed by atoms with Crippen LogP contribution in [-0.2, 0) is 4.79 Å². The minimum atomic E-state index is 0. The molecule has 3 nitrogen and oxygen atoms in total. The topological polar surface area (TPSA) is 49.3 Å². The number of carbonyl (C=O) groups is 1. The van der Waals surface area contributed by atoms with Crippen LogP contribution in [0.4, 0.5) is 0 Å². The molecule has 3 unspecified atom stereocenters. The van der Waals surface area contributed by atoms with E-state index in [0.29, 0.717) is 35.3 Å². The Bertz CT molecular complexity index is 860. The molecule has 3 atom stereocenters. The number of nitrogens with one attached hydrogen (secondary N) is 1. The smallest absolute Gasteiger partial charge is 0.133 e. The number of aliphatic hydroxyl groups is 1. The summed E-state index contributed by atoms with van der Waals surface area (Å²) in [7, 11) is 0. The van der Waals surface area contributed by atoms with Crippen molar-refractivity contribution in [1.82, 2.24) is 5.32 Å². The highest BCUT2D eigenvalue weighted by Crippen LogP contribution is 2.48. The summed E-state index contributed by atoms with van der Waals surface area (Å²) >= 11 is 0. The molecule has 0 aromatic rings. The van der Waals surface area contributed by atoms with E-state index in [1.54, 1.807) is 0 Å². The van der Waals surface area contributed by atoms with Crippen LogP contribution >= 0.6 is 0 Å². The number of rotatable bonds is 10. The maximum Gasteiger partial charge on any atom is 0.133 e. The Kier molecular flexibility index (Phi) is 20.3. The number of allylic oxidation sites excluding steroid dienone is 4. The first-order valence-electron chi connectivity index (χ1n) is 14.9. The second-order valence-corrected chi connectivity index (χ2v) is 10.1. The molecular weight excluding hydrogens is 465 g/mol. The SMILES string of the molecule is C.CC.CC.CC.CC1=C2C=C(C3=CC4CC4C=C3O)C=C(CCCCCCC(=O)CC(C)C)C2NC1.[B]. The summed E-state index contributed by atoms with van der Waals surface area (Å²) in [6.45, 7) is 19.4.